The van der Waals surface area contributed by atoms with Crippen LogP contribution in [0.5, 0.6) is 0 Å². The summed E-state index contributed by atoms with van der Waals surface area (Å²) in [6.45, 7) is 1.69. The molecule has 12 aromatic rings. The Bertz CT molecular complexity index is 3600. The zero-order chi connectivity index (χ0) is 46.8. The van der Waals surface area contributed by atoms with Crippen LogP contribution >= 0.6 is 0 Å². The molecule has 0 N–H and O–H groups in total. The summed E-state index contributed by atoms with van der Waals surface area (Å²) in [6.07, 6.45) is 8.59. The van der Waals surface area contributed by atoms with Crippen LogP contribution in [0.1, 0.15) is 16.7 Å². The minimum atomic E-state index is -4.77. The number of aromatic nitrogens is 10. The Balaban J connectivity index is 1.24. The minimum Gasteiger partial charge on any atom is -0.308 e. The third-order valence-corrected chi connectivity index (χ3v) is 12.4. The van der Waals surface area contributed by atoms with Gasteiger partial charge >= 0.3 is 6.18 Å². The first kappa shape index (κ1) is 41.0. The minimum absolute atomic E-state index is 0.0308. The van der Waals surface area contributed by atoms with Crippen molar-refractivity contribution < 1.29 is 13.2 Å². The Morgan fingerprint density at radius 2 is 0.754 bits per heavy atom. The largest absolute Gasteiger partial charge is 0.417 e. The molecule has 11 nitrogen and oxygen atoms in total. The molecule has 0 amide bonds. The van der Waals surface area contributed by atoms with Gasteiger partial charge < -0.3 is 9.13 Å². The van der Waals surface area contributed by atoms with Crippen molar-refractivity contribution in [2.45, 2.75) is 13.1 Å². The van der Waals surface area contributed by atoms with Gasteiger partial charge in [-0.1, -0.05) is 12.1 Å². The van der Waals surface area contributed by atoms with E-state index in [0.29, 0.717) is 62.3 Å². The van der Waals surface area contributed by atoms with Gasteiger partial charge in [-0.05, 0) is 128 Å². The summed E-state index contributed by atoms with van der Waals surface area (Å²) < 4.78 is 51.1. The summed E-state index contributed by atoms with van der Waals surface area (Å²) in [4.78, 5) is 36.2. The summed E-state index contributed by atoms with van der Waals surface area (Å²) in [5.74, 6) is 2.01. The van der Waals surface area contributed by atoms with Crippen molar-refractivity contribution in [2.24, 2.45) is 0 Å². The van der Waals surface area contributed by atoms with Gasteiger partial charge in [0.2, 0.25) is 0 Å². The van der Waals surface area contributed by atoms with E-state index in [1.165, 1.54) is 6.07 Å². The average molecular weight is 904 g/mol. The first-order valence-corrected chi connectivity index (χ1v) is 21.8. The van der Waals surface area contributed by atoms with E-state index in [1.54, 1.807) is 99.0 Å². The highest BCUT2D eigenvalue weighted by Gasteiger charge is 2.37. The van der Waals surface area contributed by atoms with Crippen LogP contribution in [0.25, 0.3) is 112 Å². The van der Waals surface area contributed by atoms with Crippen molar-refractivity contribution in [3.8, 4) is 74.1 Å². The number of rotatable bonds is 7. The van der Waals surface area contributed by atoms with Gasteiger partial charge in [0, 0.05) is 105 Å². The van der Waals surface area contributed by atoms with Crippen LogP contribution in [0, 0.1) is 18.3 Å². The number of hydrogen-bond donors (Lipinski definition) is 0. The van der Waals surface area contributed by atoms with E-state index < -0.39 is 11.7 Å². The fraction of sp³-hybridized carbons (Fsp3) is 0.0364. The monoisotopic (exact) mass is 903 g/mol. The molecule has 0 fully saturated rings. The molecule has 0 saturated heterocycles. The molecule has 0 bridgehead atoms. The van der Waals surface area contributed by atoms with Gasteiger partial charge in [0.05, 0.1) is 50.6 Å². The molecule has 328 valence electrons. The second-order valence-corrected chi connectivity index (χ2v) is 16.4. The van der Waals surface area contributed by atoms with E-state index >= 15 is 13.2 Å². The molecule has 14 heteroatoms. The van der Waals surface area contributed by atoms with E-state index in [9.17, 15) is 5.26 Å². The molecule has 69 heavy (non-hydrogen) atoms. The lowest BCUT2D eigenvalue weighted by Crippen LogP contribution is -2.12. The van der Waals surface area contributed by atoms with E-state index in [0.717, 1.165) is 49.9 Å². The van der Waals surface area contributed by atoms with Crippen molar-refractivity contribution in [1.29, 1.82) is 5.26 Å². The highest BCUT2D eigenvalue weighted by molar-refractivity contribution is 6.14. The summed E-state index contributed by atoms with van der Waals surface area (Å²) in [5, 5.41) is 14.1. The number of aryl methyl sites for hydroxylation is 1. The number of fused-ring (bicyclic) bond motifs is 6. The third kappa shape index (κ3) is 6.91. The van der Waals surface area contributed by atoms with Crippen molar-refractivity contribution in [1.82, 2.24) is 49.0 Å². The molecule has 0 aliphatic rings. The molecule has 0 aliphatic heterocycles. The molecule has 6 heterocycles. The fourth-order valence-corrected chi connectivity index (χ4v) is 9.44. The first-order valence-electron chi connectivity index (χ1n) is 21.8. The standard InChI is InChI=1S/C55H32F3N11/c1-32-7-2-8-42(55(56,57)58)49(32)50-47(68-43-13-9-34(51-60-17-3-18-61-51)27-38(43)39-28-35(10-14-44(39)68)52-62-19-4-20-63-52)25-33(31-59)26-48(50)69-45-15-11-36(53-64-21-5-22-65-53)29-40(45)41-30-37(12-16-46(41)69)54-66-23-6-24-67-54/h2-30H,1H3. The number of alkyl halides is 3. The Morgan fingerprint density at radius 3 is 1.06 bits per heavy atom. The Labute approximate surface area is 390 Å². The Kier molecular flexibility index (Phi) is 9.59. The SMILES string of the molecule is Cc1cccc(C(F)(F)F)c1-c1c(-n2c3ccc(-c4ncccn4)cc3c3cc(-c4ncccn4)ccc32)cc(C#N)cc1-n1c2ccc(-c3ncccn3)cc2c2cc(-c3ncccn3)ccc21. The molecular formula is C55H32F3N11. The lowest BCUT2D eigenvalue weighted by atomic mass is 9.90. The lowest BCUT2D eigenvalue weighted by Gasteiger charge is -2.24. The Hall–Kier alpha value is -9.48. The molecule has 6 aromatic heterocycles. The maximum Gasteiger partial charge on any atom is 0.417 e. The summed E-state index contributed by atoms with van der Waals surface area (Å²) in [7, 11) is 0. The predicted octanol–water partition coefficient (Wildman–Crippen LogP) is 12.6. The van der Waals surface area contributed by atoms with Crippen LogP contribution in [0.4, 0.5) is 13.2 Å². The van der Waals surface area contributed by atoms with Gasteiger partial charge in [-0.2, -0.15) is 18.4 Å². The fourth-order valence-electron chi connectivity index (χ4n) is 9.44. The molecule has 12 rings (SSSR count). The molecule has 0 aliphatic carbocycles. The van der Waals surface area contributed by atoms with Gasteiger partial charge in [0.1, 0.15) is 0 Å². The van der Waals surface area contributed by atoms with Gasteiger partial charge in [0.15, 0.2) is 23.3 Å². The van der Waals surface area contributed by atoms with Crippen LogP contribution < -0.4 is 0 Å². The van der Waals surface area contributed by atoms with Crippen molar-refractivity contribution in [3.05, 3.63) is 194 Å². The van der Waals surface area contributed by atoms with Crippen molar-refractivity contribution >= 4 is 43.6 Å². The lowest BCUT2D eigenvalue weighted by molar-refractivity contribution is -0.137. The van der Waals surface area contributed by atoms with E-state index in [-0.39, 0.29) is 16.7 Å². The van der Waals surface area contributed by atoms with Gasteiger partial charge in [-0.3, -0.25) is 0 Å². The normalized spacial score (nSPS) is 11.8. The highest BCUT2D eigenvalue weighted by atomic mass is 19.4. The number of nitrogens with zero attached hydrogens (tertiary/aromatic N) is 11. The number of halogens is 3. The van der Waals surface area contributed by atoms with Gasteiger partial charge in [0.25, 0.3) is 0 Å². The molecule has 6 aromatic carbocycles. The van der Waals surface area contributed by atoms with Crippen LogP contribution in [-0.4, -0.2) is 49.0 Å². The third-order valence-electron chi connectivity index (χ3n) is 12.4. The predicted molar refractivity (Wildman–Crippen MR) is 259 cm³/mol. The van der Waals surface area contributed by atoms with Crippen LogP contribution in [0.15, 0.2) is 177 Å². The molecule has 0 spiro atoms. The maximum absolute atomic E-state index is 15.7. The zero-order valence-corrected chi connectivity index (χ0v) is 36.3. The van der Waals surface area contributed by atoms with Crippen molar-refractivity contribution in [2.75, 3.05) is 0 Å². The van der Waals surface area contributed by atoms with Crippen LogP contribution in [0.2, 0.25) is 0 Å². The van der Waals surface area contributed by atoms with Crippen LogP contribution in [0.3, 0.4) is 0 Å². The summed E-state index contributed by atoms with van der Waals surface area (Å²) >= 11 is 0. The number of nitriles is 1. The van der Waals surface area contributed by atoms with E-state index in [2.05, 4.69) is 45.9 Å². The summed E-state index contributed by atoms with van der Waals surface area (Å²) in [6, 6.07) is 40.1. The van der Waals surface area contributed by atoms with E-state index in [1.807, 2.05) is 81.9 Å². The highest BCUT2D eigenvalue weighted by Crippen LogP contribution is 2.48. The van der Waals surface area contributed by atoms with Crippen LogP contribution in [-0.2, 0) is 6.18 Å². The topological polar surface area (TPSA) is 137 Å². The second kappa shape index (κ2) is 16.1. The van der Waals surface area contributed by atoms with Crippen molar-refractivity contribution in [3.63, 3.8) is 0 Å². The zero-order valence-electron chi connectivity index (χ0n) is 36.3. The van der Waals surface area contributed by atoms with Gasteiger partial charge in [-0.15, -0.1) is 0 Å². The van der Waals surface area contributed by atoms with Gasteiger partial charge in [-0.25, -0.2) is 39.9 Å². The number of benzene rings is 6. The Morgan fingerprint density at radius 1 is 0.420 bits per heavy atom. The smallest absolute Gasteiger partial charge is 0.308 e. The maximum atomic E-state index is 15.7. The molecule has 0 unspecified atom stereocenters. The number of hydrogen-bond acceptors (Lipinski definition) is 9. The molecule has 0 atom stereocenters. The quantitative estimate of drug-likeness (QED) is 0.153. The molecule has 0 radical (unpaired) electrons. The first-order chi connectivity index (χ1) is 33.7. The molecular weight excluding hydrogens is 872 g/mol. The average Bonchev–Trinajstić information content (AvgIpc) is 3.90. The molecule has 0 saturated carbocycles. The summed E-state index contributed by atoms with van der Waals surface area (Å²) in [5.41, 5.74) is 6.35. The van der Waals surface area contributed by atoms with E-state index in [4.69, 9.17) is 0 Å². The second-order valence-electron chi connectivity index (χ2n) is 16.4.